The minimum absolute atomic E-state index is 0.0108. The zero-order valence-corrected chi connectivity index (χ0v) is 18.8. The fourth-order valence-electron chi connectivity index (χ4n) is 3.08. The van der Waals surface area contributed by atoms with Gasteiger partial charge in [0, 0.05) is 15.1 Å². The van der Waals surface area contributed by atoms with Gasteiger partial charge in [-0.1, -0.05) is 70.0 Å². The zero-order chi connectivity index (χ0) is 21.7. The predicted molar refractivity (Wildman–Crippen MR) is 118 cm³/mol. The number of carbonyl (C=O) groups excluding carboxylic acids is 2. The Balaban J connectivity index is 2.27. The Morgan fingerprint density at radius 1 is 0.967 bits per heavy atom. The second-order valence-electron chi connectivity index (χ2n) is 6.28. The molecule has 3 rings (SSSR count). The molecule has 156 valence electrons. The van der Waals surface area contributed by atoms with E-state index in [0.717, 1.165) is 5.56 Å². The molecule has 0 aromatic heterocycles. The maximum Gasteiger partial charge on any atom is 0.374 e. The van der Waals surface area contributed by atoms with Crippen LogP contribution >= 0.6 is 27.5 Å². The van der Waals surface area contributed by atoms with Crippen molar-refractivity contribution in [1.82, 2.24) is 0 Å². The lowest BCUT2D eigenvalue weighted by atomic mass is 9.91. The Bertz CT molecular complexity index is 996. The van der Waals surface area contributed by atoms with Gasteiger partial charge in [-0.25, -0.2) is 9.59 Å². The van der Waals surface area contributed by atoms with E-state index < -0.39 is 18.0 Å². The van der Waals surface area contributed by atoms with Gasteiger partial charge in [-0.2, -0.15) is 0 Å². The Morgan fingerprint density at radius 3 is 2.17 bits per heavy atom. The fourth-order valence-corrected chi connectivity index (χ4v) is 3.99. The Kier molecular flexibility index (Phi) is 7.34. The highest BCUT2D eigenvalue weighted by molar-refractivity contribution is 9.11. The van der Waals surface area contributed by atoms with Gasteiger partial charge in [0.1, 0.15) is 5.57 Å². The highest BCUT2D eigenvalue weighted by atomic mass is 79.9. The van der Waals surface area contributed by atoms with Crippen molar-refractivity contribution < 1.29 is 23.8 Å². The average molecular weight is 492 g/mol. The number of rotatable bonds is 6. The van der Waals surface area contributed by atoms with Gasteiger partial charge < -0.3 is 14.2 Å². The first-order valence-corrected chi connectivity index (χ1v) is 10.6. The van der Waals surface area contributed by atoms with Crippen molar-refractivity contribution in [2.45, 2.75) is 20.0 Å². The first-order valence-electron chi connectivity index (χ1n) is 9.44. The van der Waals surface area contributed by atoms with E-state index in [9.17, 15) is 9.59 Å². The molecule has 0 N–H and O–H groups in total. The van der Waals surface area contributed by atoms with E-state index in [0.29, 0.717) is 20.6 Å². The number of hydrogen-bond acceptors (Lipinski definition) is 5. The molecule has 1 aliphatic heterocycles. The first-order chi connectivity index (χ1) is 14.5. The van der Waals surface area contributed by atoms with E-state index in [2.05, 4.69) is 15.9 Å². The molecule has 1 unspecified atom stereocenters. The van der Waals surface area contributed by atoms with Gasteiger partial charge in [-0.05, 0) is 37.1 Å². The van der Waals surface area contributed by atoms with Crippen LogP contribution in [0.25, 0.3) is 5.57 Å². The maximum absolute atomic E-state index is 12.9. The van der Waals surface area contributed by atoms with Crippen LogP contribution in [-0.2, 0) is 23.8 Å². The summed E-state index contributed by atoms with van der Waals surface area (Å²) in [7, 11) is 0. The molecule has 0 spiro atoms. The van der Waals surface area contributed by atoms with Crippen molar-refractivity contribution in [1.29, 1.82) is 0 Å². The Labute approximate surface area is 188 Å². The molecule has 0 saturated carbocycles. The molecule has 2 aromatic carbocycles. The molecule has 1 atom stereocenters. The van der Waals surface area contributed by atoms with Gasteiger partial charge in [0.25, 0.3) is 0 Å². The third-order valence-electron chi connectivity index (χ3n) is 4.36. The summed E-state index contributed by atoms with van der Waals surface area (Å²) in [4.78, 5) is 25.7. The monoisotopic (exact) mass is 490 g/mol. The quantitative estimate of drug-likeness (QED) is 0.492. The summed E-state index contributed by atoms with van der Waals surface area (Å²) in [5.74, 6) is -1.58. The SMILES string of the molecule is CCOC(=O)C1=C(C(=O)OCC)C(c2ccc(Cl)cc2)=C(Br)C(c2ccccc2)O1. The third kappa shape index (κ3) is 4.60. The number of halogens is 2. The van der Waals surface area contributed by atoms with Crippen molar-refractivity contribution in [3.63, 3.8) is 0 Å². The van der Waals surface area contributed by atoms with Crippen molar-refractivity contribution in [2.24, 2.45) is 0 Å². The van der Waals surface area contributed by atoms with Gasteiger partial charge in [-0.15, -0.1) is 0 Å². The standard InChI is InChI=1S/C23H20BrClO5/c1-3-28-22(26)18-17(14-10-12-16(25)13-11-14)19(24)20(15-8-6-5-7-9-15)30-21(18)23(27)29-4-2/h5-13,20H,3-4H2,1-2H3. The number of carbonyl (C=O) groups is 2. The number of benzene rings is 2. The average Bonchev–Trinajstić information content (AvgIpc) is 2.75. The van der Waals surface area contributed by atoms with Crippen molar-refractivity contribution in [3.05, 3.63) is 86.6 Å². The van der Waals surface area contributed by atoms with Crippen molar-refractivity contribution >= 4 is 45.0 Å². The third-order valence-corrected chi connectivity index (χ3v) is 5.42. The van der Waals surface area contributed by atoms with Crippen LogP contribution in [-0.4, -0.2) is 25.2 Å². The Hall–Kier alpha value is -2.57. The number of ether oxygens (including phenoxy) is 3. The smallest absolute Gasteiger partial charge is 0.374 e. The topological polar surface area (TPSA) is 61.8 Å². The molecule has 30 heavy (non-hydrogen) atoms. The van der Waals surface area contributed by atoms with E-state index in [1.807, 2.05) is 30.3 Å². The zero-order valence-electron chi connectivity index (χ0n) is 16.5. The number of hydrogen-bond donors (Lipinski definition) is 0. The minimum atomic E-state index is -0.729. The normalized spacial score (nSPS) is 16.2. The lowest BCUT2D eigenvalue weighted by Gasteiger charge is -2.29. The van der Waals surface area contributed by atoms with Crippen LogP contribution in [0.2, 0.25) is 5.02 Å². The van der Waals surface area contributed by atoms with E-state index >= 15 is 0 Å². The second-order valence-corrected chi connectivity index (χ2v) is 7.57. The lowest BCUT2D eigenvalue weighted by molar-refractivity contribution is -0.146. The molecule has 0 amide bonds. The van der Waals surface area contributed by atoms with Crippen LogP contribution in [0.1, 0.15) is 31.1 Å². The largest absolute Gasteiger partial charge is 0.472 e. The molecule has 0 saturated heterocycles. The van der Waals surface area contributed by atoms with Crippen LogP contribution in [0, 0.1) is 0 Å². The van der Waals surface area contributed by atoms with E-state index in [4.69, 9.17) is 25.8 Å². The Morgan fingerprint density at radius 2 is 1.57 bits per heavy atom. The molecule has 0 radical (unpaired) electrons. The molecule has 0 aliphatic carbocycles. The van der Waals surface area contributed by atoms with Crippen LogP contribution in [0.5, 0.6) is 0 Å². The van der Waals surface area contributed by atoms with Crippen LogP contribution < -0.4 is 0 Å². The van der Waals surface area contributed by atoms with Crippen molar-refractivity contribution in [3.8, 4) is 0 Å². The van der Waals surface area contributed by atoms with Gasteiger partial charge in [0.2, 0.25) is 5.76 Å². The summed E-state index contributed by atoms with van der Waals surface area (Å²) in [6.45, 7) is 3.66. The van der Waals surface area contributed by atoms with Gasteiger partial charge in [0.05, 0.1) is 13.2 Å². The molecule has 1 heterocycles. The van der Waals surface area contributed by atoms with E-state index in [1.165, 1.54) is 0 Å². The van der Waals surface area contributed by atoms with E-state index in [1.54, 1.807) is 38.1 Å². The van der Waals surface area contributed by atoms with E-state index in [-0.39, 0.29) is 24.5 Å². The summed E-state index contributed by atoms with van der Waals surface area (Å²) >= 11 is 9.67. The van der Waals surface area contributed by atoms with Crippen molar-refractivity contribution in [2.75, 3.05) is 13.2 Å². The molecule has 2 aromatic rings. The number of esters is 2. The van der Waals surface area contributed by atoms with Crippen LogP contribution in [0.4, 0.5) is 0 Å². The van der Waals surface area contributed by atoms with Crippen LogP contribution in [0.15, 0.2) is 70.4 Å². The highest BCUT2D eigenvalue weighted by Gasteiger charge is 2.38. The minimum Gasteiger partial charge on any atom is -0.472 e. The predicted octanol–water partition coefficient (Wildman–Crippen LogP) is 5.60. The first kappa shape index (κ1) is 22.1. The van der Waals surface area contributed by atoms with Crippen LogP contribution in [0.3, 0.4) is 0 Å². The molecular weight excluding hydrogens is 472 g/mol. The lowest BCUT2D eigenvalue weighted by Crippen LogP contribution is -2.25. The fraction of sp³-hybridized carbons (Fsp3) is 0.217. The molecule has 5 nitrogen and oxygen atoms in total. The molecule has 0 fully saturated rings. The maximum atomic E-state index is 12.9. The summed E-state index contributed by atoms with van der Waals surface area (Å²) in [5.41, 5.74) is 1.99. The second kappa shape index (κ2) is 9.96. The molecular formula is C23H20BrClO5. The summed E-state index contributed by atoms with van der Waals surface area (Å²) in [5, 5.41) is 0.550. The molecule has 7 heteroatoms. The molecule has 1 aliphatic rings. The van der Waals surface area contributed by atoms with Gasteiger partial charge >= 0.3 is 11.9 Å². The molecule has 0 bridgehead atoms. The van der Waals surface area contributed by atoms with Gasteiger partial charge in [-0.3, -0.25) is 0 Å². The van der Waals surface area contributed by atoms with Gasteiger partial charge in [0.15, 0.2) is 6.10 Å². The summed E-state index contributed by atoms with van der Waals surface area (Å²) in [6, 6.07) is 16.4. The highest BCUT2D eigenvalue weighted by Crippen LogP contribution is 2.46. The summed E-state index contributed by atoms with van der Waals surface area (Å²) < 4.78 is 17.0. The summed E-state index contributed by atoms with van der Waals surface area (Å²) in [6.07, 6.45) is -0.644.